The van der Waals surface area contributed by atoms with Gasteiger partial charge >= 0.3 is 0 Å². The molecule has 2 bridgehead atoms. The lowest BCUT2D eigenvalue weighted by molar-refractivity contribution is 0.0534. The molecule has 0 saturated carbocycles. The zero-order chi connectivity index (χ0) is 14.9. The minimum atomic E-state index is 0.568. The van der Waals surface area contributed by atoms with Gasteiger partial charge in [0.1, 0.15) is 0 Å². The van der Waals surface area contributed by atoms with Crippen LogP contribution in [0.1, 0.15) is 38.6 Å². The van der Waals surface area contributed by atoms with Crippen LogP contribution in [-0.2, 0) is 0 Å². The lowest BCUT2D eigenvalue weighted by Gasteiger charge is -2.44. The first-order valence-corrected chi connectivity index (χ1v) is 8.78. The molecule has 3 aliphatic heterocycles. The van der Waals surface area contributed by atoms with E-state index in [9.17, 15) is 0 Å². The number of anilines is 1. The van der Waals surface area contributed by atoms with Crippen molar-refractivity contribution in [2.24, 2.45) is 5.92 Å². The van der Waals surface area contributed by atoms with Gasteiger partial charge < -0.3 is 10.2 Å². The van der Waals surface area contributed by atoms with Crippen molar-refractivity contribution in [1.29, 1.82) is 0 Å². The van der Waals surface area contributed by atoms with Gasteiger partial charge in [0.15, 0.2) is 0 Å². The number of hydrogen-bond donors (Lipinski definition) is 1. The standard InChI is InChI=1S/C18H26N4/c1-2-3-8-19-16-4-5-17-15(11-16)12-20-22(17)18-13-21-9-6-14(18)7-10-21/h4-5,11-12,14,18-19H,2-3,6-10,13H2,1H3/t18-/m0/s1. The lowest BCUT2D eigenvalue weighted by Crippen LogP contribution is -2.48. The van der Waals surface area contributed by atoms with Gasteiger partial charge in [-0.1, -0.05) is 13.3 Å². The van der Waals surface area contributed by atoms with Crippen LogP contribution in [0.2, 0.25) is 0 Å². The van der Waals surface area contributed by atoms with Crippen LogP contribution in [0.3, 0.4) is 0 Å². The second kappa shape index (κ2) is 5.92. The molecule has 1 atom stereocenters. The Labute approximate surface area is 132 Å². The third-order valence-corrected chi connectivity index (χ3v) is 5.39. The van der Waals surface area contributed by atoms with E-state index < -0.39 is 0 Å². The van der Waals surface area contributed by atoms with E-state index in [0.717, 1.165) is 12.5 Å². The zero-order valence-electron chi connectivity index (χ0n) is 13.5. The molecule has 3 saturated heterocycles. The van der Waals surface area contributed by atoms with Crippen molar-refractivity contribution in [3.63, 3.8) is 0 Å². The molecule has 4 heteroatoms. The Morgan fingerprint density at radius 1 is 1.27 bits per heavy atom. The zero-order valence-corrected chi connectivity index (χ0v) is 13.5. The number of unbranched alkanes of at least 4 members (excludes halogenated alkanes) is 1. The maximum Gasteiger partial charge on any atom is 0.0687 e. The van der Waals surface area contributed by atoms with Gasteiger partial charge in [0.2, 0.25) is 0 Å². The largest absolute Gasteiger partial charge is 0.385 e. The molecule has 0 amide bonds. The van der Waals surface area contributed by atoms with E-state index in [1.807, 2.05) is 6.20 Å². The summed E-state index contributed by atoms with van der Waals surface area (Å²) in [6.07, 6.45) is 7.16. The molecule has 4 heterocycles. The second-order valence-corrected chi connectivity index (χ2v) is 6.85. The van der Waals surface area contributed by atoms with Crippen molar-refractivity contribution >= 4 is 16.6 Å². The third kappa shape index (κ3) is 2.50. The van der Waals surface area contributed by atoms with E-state index in [1.54, 1.807) is 0 Å². The summed E-state index contributed by atoms with van der Waals surface area (Å²) in [5.74, 6) is 0.815. The number of nitrogens with zero attached hydrogens (tertiary/aromatic N) is 3. The molecule has 0 radical (unpaired) electrons. The van der Waals surface area contributed by atoms with Crippen molar-refractivity contribution in [3.8, 4) is 0 Å². The summed E-state index contributed by atoms with van der Waals surface area (Å²) in [4.78, 5) is 2.60. The van der Waals surface area contributed by atoms with Crippen LogP contribution in [-0.4, -0.2) is 40.9 Å². The Kier molecular flexibility index (Phi) is 3.78. The minimum absolute atomic E-state index is 0.568. The Morgan fingerprint density at radius 2 is 2.14 bits per heavy atom. The monoisotopic (exact) mass is 298 g/mol. The van der Waals surface area contributed by atoms with Gasteiger partial charge in [-0.15, -0.1) is 0 Å². The Morgan fingerprint density at radius 3 is 2.86 bits per heavy atom. The van der Waals surface area contributed by atoms with Crippen molar-refractivity contribution in [3.05, 3.63) is 24.4 Å². The normalized spacial score (nSPS) is 27.4. The first-order valence-electron chi connectivity index (χ1n) is 8.78. The van der Waals surface area contributed by atoms with Gasteiger partial charge in [0, 0.05) is 24.2 Å². The van der Waals surface area contributed by atoms with Crippen LogP contribution in [0.25, 0.3) is 10.9 Å². The molecule has 5 rings (SSSR count). The molecule has 2 aromatic rings. The molecule has 0 spiro atoms. The van der Waals surface area contributed by atoms with Crippen LogP contribution in [0.15, 0.2) is 24.4 Å². The van der Waals surface area contributed by atoms with Crippen molar-refractivity contribution in [2.45, 2.75) is 38.6 Å². The van der Waals surface area contributed by atoms with Gasteiger partial charge in [-0.3, -0.25) is 4.68 Å². The quantitative estimate of drug-likeness (QED) is 0.857. The fraction of sp³-hybridized carbons (Fsp3) is 0.611. The van der Waals surface area contributed by atoms with E-state index in [-0.39, 0.29) is 0 Å². The maximum atomic E-state index is 4.74. The highest BCUT2D eigenvalue weighted by molar-refractivity contribution is 5.82. The number of hydrogen-bond acceptors (Lipinski definition) is 3. The summed E-state index contributed by atoms with van der Waals surface area (Å²) >= 11 is 0. The molecule has 1 aromatic carbocycles. The first kappa shape index (κ1) is 14.1. The summed E-state index contributed by atoms with van der Waals surface area (Å²) in [7, 11) is 0. The molecule has 0 aliphatic carbocycles. The highest BCUT2D eigenvalue weighted by Gasteiger charge is 2.36. The number of benzene rings is 1. The van der Waals surface area contributed by atoms with E-state index in [2.05, 4.69) is 40.0 Å². The van der Waals surface area contributed by atoms with Crippen LogP contribution in [0.5, 0.6) is 0 Å². The number of nitrogens with one attached hydrogen (secondary N) is 1. The van der Waals surface area contributed by atoms with Crippen molar-refractivity contribution in [2.75, 3.05) is 31.5 Å². The number of fused-ring (bicyclic) bond motifs is 4. The molecular weight excluding hydrogens is 272 g/mol. The fourth-order valence-corrected chi connectivity index (χ4v) is 4.05. The van der Waals surface area contributed by atoms with Crippen LogP contribution >= 0.6 is 0 Å². The van der Waals surface area contributed by atoms with Gasteiger partial charge in [-0.2, -0.15) is 5.10 Å². The van der Waals surface area contributed by atoms with Crippen LogP contribution < -0.4 is 5.32 Å². The van der Waals surface area contributed by atoms with E-state index in [4.69, 9.17) is 5.10 Å². The van der Waals surface area contributed by atoms with Gasteiger partial charge in [0.25, 0.3) is 0 Å². The minimum Gasteiger partial charge on any atom is -0.385 e. The maximum absolute atomic E-state index is 4.74. The second-order valence-electron chi connectivity index (χ2n) is 6.85. The molecule has 118 valence electrons. The predicted molar refractivity (Wildman–Crippen MR) is 91.3 cm³/mol. The number of rotatable bonds is 5. The summed E-state index contributed by atoms with van der Waals surface area (Å²) in [6, 6.07) is 7.26. The van der Waals surface area contributed by atoms with Crippen LogP contribution in [0.4, 0.5) is 5.69 Å². The lowest BCUT2D eigenvalue weighted by atomic mass is 9.84. The average molecular weight is 298 g/mol. The summed E-state index contributed by atoms with van der Waals surface area (Å²) < 4.78 is 2.29. The number of piperidine rings is 3. The number of aromatic nitrogens is 2. The molecule has 22 heavy (non-hydrogen) atoms. The molecular formula is C18H26N4. The first-order chi connectivity index (χ1) is 10.8. The molecule has 1 aromatic heterocycles. The summed E-state index contributed by atoms with van der Waals surface area (Å²) in [6.45, 7) is 7.02. The Balaban J connectivity index is 1.57. The molecule has 0 unspecified atom stereocenters. The summed E-state index contributed by atoms with van der Waals surface area (Å²) in [5, 5.41) is 9.51. The van der Waals surface area contributed by atoms with E-state index >= 15 is 0 Å². The third-order valence-electron chi connectivity index (χ3n) is 5.39. The van der Waals surface area contributed by atoms with Crippen molar-refractivity contribution < 1.29 is 0 Å². The van der Waals surface area contributed by atoms with Gasteiger partial charge in [-0.25, -0.2) is 0 Å². The van der Waals surface area contributed by atoms with Gasteiger partial charge in [-0.05, 0) is 56.5 Å². The molecule has 1 N–H and O–H groups in total. The topological polar surface area (TPSA) is 33.1 Å². The van der Waals surface area contributed by atoms with E-state index in [1.165, 1.54) is 61.9 Å². The highest BCUT2D eigenvalue weighted by Crippen LogP contribution is 2.37. The Bertz CT molecular complexity index is 640. The average Bonchev–Trinajstić information content (AvgIpc) is 2.99. The highest BCUT2D eigenvalue weighted by atomic mass is 15.3. The molecule has 4 nitrogen and oxygen atoms in total. The molecule has 3 aliphatic rings. The SMILES string of the molecule is CCCCNc1ccc2c(cnn2[C@H]2CN3CCC2CC3)c1. The Hall–Kier alpha value is -1.55. The van der Waals surface area contributed by atoms with Gasteiger partial charge in [0.05, 0.1) is 17.8 Å². The van der Waals surface area contributed by atoms with Crippen LogP contribution in [0, 0.1) is 5.92 Å². The predicted octanol–water partition coefficient (Wildman–Crippen LogP) is 3.52. The van der Waals surface area contributed by atoms with Crippen molar-refractivity contribution in [1.82, 2.24) is 14.7 Å². The fourth-order valence-electron chi connectivity index (χ4n) is 4.05. The van der Waals surface area contributed by atoms with E-state index in [0.29, 0.717) is 6.04 Å². The molecule has 3 fully saturated rings. The smallest absolute Gasteiger partial charge is 0.0687 e. The summed E-state index contributed by atoms with van der Waals surface area (Å²) in [5.41, 5.74) is 2.51.